The van der Waals surface area contributed by atoms with Gasteiger partial charge in [-0.25, -0.2) is 0 Å². The number of nitrogens with one attached hydrogen (secondary N) is 1. The molecule has 0 bridgehead atoms. The van der Waals surface area contributed by atoms with Gasteiger partial charge < -0.3 is 10.1 Å². The van der Waals surface area contributed by atoms with Crippen molar-refractivity contribution in [1.82, 2.24) is 5.32 Å². The molecule has 0 aromatic heterocycles. The first kappa shape index (κ1) is 11.5. The number of allylic oxidation sites excluding steroid dienone is 1. The highest BCUT2D eigenvalue weighted by molar-refractivity contribution is 6.18. The number of halogens is 1. The summed E-state index contributed by atoms with van der Waals surface area (Å²) in [5, 5.41) is 3.04. The Labute approximate surface area is 77.7 Å². The zero-order chi connectivity index (χ0) is 9.23. The zero-order valence-corrected chi connectivity index (χ0v) is 7.93. The van der Waals surface area contributed by atoms with Crippen molar-refractivity contribution in [2.24, 2.45) is 0 Å². The van der Waals surface area contributed by atoms with Gasteiger partial charge in [-0.3, -0.25) is 4.79 Å². The first-order valence-corrected chi connectivity index (χ1v) is 4.33. The number of carbonyl (C=O) groups is 1. The molecule has 0 radical (unpaired) electrons. The maximum absolute atomic E-state index is 10.6. The van der Waals surface area contributed by atoms with Crippen LogP contribution in [0, 0.1) is 0 Å². The Hall–Kier alpha value is -0.540. The third-order valence-electron chi connectivity index (χ3n) is 1.25. The zero-order valence-electron chi connectivity index (χ0n) is 7.18. The van der Waals surface area contributed by atoms with E-state index in [0.717, 1.165) is 6.54 Å². The Morgan fingerprint density at radius 1 is 1.58 bits per heavy atom. The molecule has 0 saturated carbocycles. The van der Waals surface area contributed by atoms with Gasteiger partial charge in [-0.2, -0.15) is 0 Å². The molecule has 0 spiro atoms. The molecule has 3 nitrogen and oxygen atoms in total. The predicted molar refractivity (Wildman–Crippen MR) is 49.4 cm³/mol. The maximum atomic E-state index is 10.6. The minimum Gasteiger partial charge on any atom is -0.469 e. The van der Waals surface area contributed by atoms with Crippen LogP contribution in [-0.4, -0.2) is 32.0 Å². The number of hydrogen-bond acceptors (Lipinski definition) is 3. The lowest BCUT2D eigenvalue weighted by atomic mass is 10.4. The molecule has 4 heteroatoms. The third-order valence-corrected chi connectivity index (χ3v) is 1.43. The summed E-state index contributed by atoms with van der Waals surface area (Å²) in [6.45, 7) is 1.38. The Kier molecular flexibility index (Phi) is 8.17. The molecule has 0 atom stereocenters. The summed E-state index contributed by atoms with van der Waals surface area (Å²) in [6.07, 6.45) is 4.18. The maximum Gasteiger partial charge on any atom is 0.306 e. The summed E-state index contributed by atoms with van der Waals surface area (Å²) in [5.41, 5.74) is 0. The molecule has 0 aliphatic carbocycles. The quantitative estimate of drug-likeness (QED) is 0.294. The molecule has 0 aliphatic heterocycles. The molecule has 0 aromatic carbocycles. The molecular formula is C8H14ClNO2. The number of esters is 1. The molecular weight excluding hydrogens is 178 g/mol. The Balaban J connectivity index is 3.10. The highest BCUT2D eigenvalue weighted by Gasteiger charge is 1.96. The number of ether oxygens (including phenoxy) is 1. The average molecular weight is 192 g/mol. The van der Waals surface area contributed by atoms with E-state index in [9.17, 15) is 4.79 Å². The van der Waals surface area contributed by atoms with Crippen molar-refractivity contribution < 1.29 is 9.53 Å². The highest BCUT2D eigenvalue weighted by Crippen LogP contribution is 1.81. The topological polar surface area (TPSA) is 38.3 Å². The van der Waals surface area contributed by atoms with Crippen LogP contribution in [0.4, 0.5) is 0 Å². The molecule has 70 valence electrons. The minimum atomic E-state index is -0.191. The third kappa shape index (κ3) is 7.57. The second-order valence-electron chi connectivity index (χ2n) is 2.16. The molecule has 0 fully saturated rings. The van der Waals surface area contributed by atoms with Crippen molar-refractivity contribution in [2.45, 2.75) is 6.42 Å². The summed E-state index contributed by atoms with van der Waals surface area (Å²) in [4.78, 5) is 10.6. The van der Waals surface area contributed by atoms with E-state index in [1.165, 1.54) is 7.11 Å². The number of alkyl halides is 1. The van der Waals surface area contributed by atoms with Crippen molar-refractivity contribution in [3.05, 3.63) is 12.2 Å². The molecule has 0 unspecified atom stereocenters. The standard InChI is InChI=1S/C8H14ClNO2/c1-12-8(11)4-7-10-6-3-2-5-9/h2-3,10H,4-7H2,1H3/b3-2+. The normalized spacial score (nSPS) is 10.5. The molecule has 1 N–H and O–H groups in total. The SMILES string of the molecule is COC(=O)CCNC/C=C/CCl. The van der Waals surface area contributed by atoms with E-state index < -0.39 is 0 Å². The molecule has 0 aromatic rings. The predicted octanol–water partition coefficient (Wildman–Crippen LogP) is 0.934. The lowest BCUT2D eigenvalue weighted by Crippen LogP contribution is -2.18. The Bertz CT molecular complexity index is 148. The van der Waals surface area contributed by atoms with Crippen LogP contribution in [0.3, 0.4) is 0 Å². The summed E-state index contributed by atoms with van der Waals surface area (Å²) in [7, 11) is 1.38. The number of carbonyl (C=O) groups excluding carboxylic acids is 1. The van der Waals surface area contributed by atoms with Gasteiger partial charge in [0.1, 0.15) is 0 Å². The molecule has 0 saturated heterocycles. The minimum absolute atomic E-state index is 0.191. The van der Waals surface area contributed by atoms with Gasteiger partial charge in [0.2, 0.25) is 0 Å². The van der Waals surface area contributed by atoms with E-state index in [0.29, 0.717) is 18.8 Å². The van der Waals surface area contributed by atoms with Crippen molar-refractivity contribution >= 4 is 17.6 Å². The van der Waals surface area contributed by atoms with Crippen LogP contribution in [0.25, 0.3) is 0 Å². The van der Waals surface area contributed by atoms with Gasteiger partial charge in [0.15, 0.2) is 0 Å². The Morgan fingerprint density at radius 2 is 2.33 bits per heavy atom. The first-order valence-electron chi connectivity index (χ1n) is 3.79. The highest BCUT2D eigenvalue weighted by atomic mass is 35.5. The van der Waals surface area contributed by atoms with Crippen molar-refractivity contribution in [3.8, 4) is 0 Å². The van der Waals surface area contributed by atoms with Crippen molar-refractivity contribution in [3.63, 3.8) is 0 Å². The number of methoxy groups -OCH3 is 1. The van der Waals surface area contributed by atoms with Gasteiger partial charge in [-0.05, 0) is 0 Å². The lowest BCUT2D eigenvalue weighted by Gasteiger charge is -1.99. The summed E-state index contributed by atoms with van der Waals surface area (Å²) >= 11 is 5.40. The van der Waals surface area contributed by atoms with Gasteiger partial charge in [0.25, 0.3) is 0 Å². The van der Waals surface area contributed by atoms with Gasteiger partial charge in [-0.1, -0.05) is 12.2 Å². The van der Waals surface area contributed by atoms with Crippen LogP contribution in [0.2, 0.25) is 0 Å². The van der Waals surface area contributed by atoms with Crippen LogP contribution in [0.15, 0.2) is 12.2 Å². The van der Waals surface area contributed by atoms with E-state index in [4.69, 9.17) is 11.6 Å². The fraction of sp³-hybridized carbons (Fsp3) is 0.625. The van der Waals surface area contributed by atoms with Crippen molar-refractivity contribution in [2.75, 3.05) is 26.1 Å². The first-order chi connectivity index (χ1) is 5.81. The van der Waals surface area contributed by atoms with Crippen molar-refractivity contribution in [1.29, 1.82) is 0 Å². The van der Waals surface area contributed by atoms with Gasteiger partial charge in [-0.15, -0.1) is 11.6 Å². The molecule has 0 heterocycles. The van der Waals surface area contributed by atoms with E-state index in [2.05, 4.69) is 10.1 Å². The van der Waals surface area contributed by atoms with Crippen LogP contribution < -0.4 is 5.32 Å². The molecule has 0 rings (SSSR count). The largest absolute Gasteiger partial charge is 0.469 e. The molecule has 0 aliphatic rings. The summed E-state index contributed by atoms with van der Waals surface area (Å²) < 4.78 is 4.46. The number of hydrogen-bond donors (Lipinski definition) is 1. The van der Waals surface area contributed by atoms with E-state index in [-0.39, 0.29) is 5.97 Å². The second-order valence-corrected chi connectivity index (χ2v) is 2.46. The van der Waals surface area contributed by atoms with Crippen LogP contribution >= 0.6 is 11.6 Å². The van der Waals surface area contributed by atoms with Crippen LogP contribution in [0.1, 0.15) is 6.42 Å². The van der Waals surface area contributed by atoms with Gasteiger partial charge >= 0.3 is 5.97 Å². The number of rotatable bonds is 6. The van der Waals surface area contributed by atoms with E-state index in [1.54, 1.807) is 0 Å². The van der Waals surface area contributed by atoms with Crippen LogP contribution in [-0.2, 0) is 9.53 Å². The average Bonchev–Trinajstić information content (AvgIpc) is 2.10. The molecule has 12 heavy (non-hydrogen) atoms. The van der Waals surface area contributed by atoms with Gasteiger partial charge in [0.05, 0.1) is 13.5 Å². The second kappa shape index (κ2) is 8.56. The smallest absolute Gasteiger partial charge is 0.306 e. The molecule has 0 amide bonds. The van der Waals surface area contributed by atoms with E-state index >= 15 is 0 Å². The fourth-order valence-electron chi connectivity index (χ4n) is 0.624. The summed E-state index contributed by atoms with van der Waals surface area (Å²) in [5.74, 6) is 0.336. The van der Waals surface area contributed by atoms with Crippen LogP contribution in [0.5, 0.6) is 0 Å². The fourth-order valence-corrected chi connectivity index (χ4v) is 0.750. The summed E-state index contributed by atoms with van der Waals surface area (Å²) in [6, 6.07) is 0. The monoisotopic (exact) mass is 191 g/mol. The van der Waals surface area contributed by atoms with Gasteiger partial charge in [0, 0.05) is 19.0 Å². The lowest BCUT2D eigenvalue weighted by molar-refractivity contribution is -0.140. The van der Waals surface area contributed by atoms with E-state index in [1.807, 2.05) is 12.2 Å². The Morgan fingerprint density at radius 3 is 2.92 bits per heavy atom.